The fraction of sp³-hybridized carbons (Fsp3) is 0.300. The molecule has 1 N–H and O–H groups in total. The number of nitrogens with one attached hydrogen (secondary N) is 1. The Labute approximate surface area is 88.0 Å². The lowest BCUT2D eigenvalue weighted by atomic mass is 10.1. The predicted octanol–water partition coefficient (Wildman–Crippen LogP) is 2.76. The summed E-state index contributed by atoms with van der Waals surface area (Å²) < 4.78 is 4.49. The number of carbonyl (C=O) groups is 1. The van der Waals surface area contributed by atoms with Crippen molar-refractivity contribution >= 4 is 17.7 Å². The Morgan fingerprint density at radius 2 is 2.29 bits per heavy atom. The third-order valence-electron chi connectivity index (χ3n) is 1.87. The van der Waals surface area contributed by atoms with E-state index < -0.39 is 6.09 Å². The summed E-state index contributed by atoms with van der Waals surface area (Å²) in [5.74, 6) is 0. The van der Waals surface area contributed by atoms with Gasteiger partial charge in [0.15, 0.2) is 0 Å². The van der Waals surface area contributed by atoms with Gasteiger partial charge in [0.2, 0.25) is 0 Å². The summed E-state index contributed by atoms with van der Waals surface area (Å²) in [6.45, 7) is 1.86. The third kappa shape index (κ3) is 2.92. The van der Waals surface area contributed by atoms with Crippen LogP contribution < -0.4 is 5.32 Å². The van der Waals surface area contributed by atoms with E-state index in [1.54, 1.807) is 6.07 Å². The highest BCUT2D eigenvalue weighted by molar-refractivity contribution is 6.30. The van der Waals surface area contributed by atoms with E-state index in [4.69, 9.17) is 11.6 Å². The lowest BCUT2D eigenvalue weighted by Gasteiger charge is -2.13. The van der Waals surface area contributed by atoms with Crippen LogP contribution in [-0.2, 0) is 4.74 Å². The molecule has 1 aromatic rings. The topological polar surface area (TPSA) is 38.3 Å². The highest BCUT2D eigenvalue weighted by Gasteiger charge is 2.08. The SMILES string of the molecule is COC(=O)NC(C)c1cccc(Cl)c1. The number of halogens is 1. The average molecular weight is 214 g/mol. The number of carbonyl (C=O) groups excluding carboxylic acids is 1. The molecule has 3 nitrogen and oxygen atoms in total. The maximum absolute atomic E-state index is 10.9. The molecule has 1 rings (SSSR count). The number of benzene rings is 1. The van der Waals surface area contributed by atoms with Crippen molar-refractivity contribution in [1.29, 1.82) is 0 Å². The van der Waals surface area contributed by atoms with E-state index in [1.165, 1.54) is 7.11 Å². The maximum Gasteiger partial charge on any atom is 0.407 e. The van der Waals surface area contributed by atoms with E-state index in [-0.39, 0.29) is 6.04 Å². The summed E-state index contributed by atoms with van der Waals surface area (Å²) in [4.78, 5) is 10.9. The first-order valence-corrected chi connectivity index (χ1v) is 4.61. The second-order valence-corrected chi connectivity index (χ2v) is 3.35. The molecule has 1 unspecified atom stereocenters. The fourth-order valence-corrected chi connectivity index (χ4v) is 1.29. The first-order chi connectivity index (χ1) is 6.63. The molecule has 0 fully saturated rings. The van der Waals surface area contributed by atoms with Gasteiger partial charge in [-0.3, -0.25) is 0 Å². The van der Waals surface area contributed by atoms with Crippen molar-refractivity contribution in [3.63, 3.8) is 0 Å². The zero-order chi connectivity index (χ0) is 10.6. The monoisotopic (exact) mass is 213 g/mol. The van der Waals surface area contributed by atoms with Gasteiger partial charge in [-0.15, -0.1) is 0 Å². The lowest BCUT2D eigenvalue weighted by Crippen LogP contribution is -2.26. The van der Waals surface area contributed by atoms with Gasteiger partial charge in [0.05, 0.1) is 13.2 Å². The Morgan fingerprint density at radius 3 is 2.86 bits per heavy atom. The molecule has 0 aliphatic heterocycles. The van der Waals surface area contributed by atoms with Crippen molar-refractivity contribution in [3.05, 3.63) is 34.9 Å². The Morgan fingerprint density at radius 1 is 1.57 bits per heavy atom. The van der Waals surface area contributed by atoms with E-state index in [9.17, 15) is 4.79 Å². The number of methoxy groups -OCH3 is 1. The van der Waals surface area contributed by atoms with Crippen LogP contribution in [-0.4, -0.2) is 13.2 Å². The Bertz CT molecular complexity index is 328. The molecule has 4 heteroatoms. The van der Waals surface area contributed by atoms with Gasteiger partial charge < -0.3 is 10.1 Å². The number of amides is 1. The first-order valence-electron chi connectivity index (χ1n) is 4.23. The van der Waals surface area contributed by atoms with Gasteiger partial charge >= 0.3 is 6.09 Å². The van der Waals surface area contributed by atoms with Crippen LogP contribution in [0.3, 0.4) is 0 Å². The summed E-state index contributed by atoms with van der Waals surface area (Å²) in [6, 6.07) is 7.22. The lowest BCUT2D eigenvalue weighted by molar-refractivity contribution is 0.167. The van der Waals surface area contributed by atoms with Gasteiger partial charge in [0, 0.05) is 5.02 Å². The molecule has 0 aliphatic rings. The normalized spacial score (nSPS) is 11.9. The highest BCUT2D eigenvalue weighted by Crippen LogP contribution is 2.17. The van der Waals surface area contributed by atoms with Crippen molar-refractivity contribution in [2.75, 3.05) is 7.11 Å². The molecule has 1 amide bonds. The number of alkyl carbamates (subject to hydrolysis) is 1. The van der Waals surface area contributed by atoms with Crippen molar-refractivity contribution < 1.29 is 9.53 Å². The van der Waals surface area contributed by atoms with E-state index in [0.717, 1.165) is 5.56 Å². The Kier molecular flexibility index (Phi) is 3.77. The van der Waals surface area contributed by atoms with Crippen LogP contribution in [0.1, 0.15) is 18.5 Å². The van der Waals surface area contributed by atoms with Gasteiger partial charge in [0.1, 0.15) is 0 Å². The van der Waals surface area contributed by atoms with Crippen LogP contribution >= 0.6 is 11.6 Å². The molecule has 0 saturated heterocycles. The summed E-state index contributed by atoms with van der Waals surface area (Å²) >= 11 is 5.82. The molecule has 0 heterocycles. The molecule has 0 spiro atoms. The van der Waals surface area contributed by atoms with Crippen LogP contribution in [0.5, 0.6) is 0 Å². The second kappa shape index (κ2) is 4.86. The van der Waals surface area contributed by atoms with Gasteiger partial charge in [-0.25, -0.2) is 4.79 Å². The van der Waals surface area contributed by atoms with Crippen LogP contribution in [0.2, 0.25) is 5.02 Å². The molecule has 76 valence electrons. The summed E-state index contributed by atoms with van der Waals surface area (Å²) in [6.07, 6.45) is -0.447. The number of rotatable bonds is 2. The van der Waals surface area contributed by atoms with Crippen LogP contribution in [0.15, 0.2) is 24.3 Å². The molecule has 0 radical (unpaired) electrons. The van der Waals surface area contributed by atoms with Gasteiger partial charge in [-0.1, -0.05) is 23.7 Å². The molecule has 14 heavy (non-hydrogen) atoms. The molecular weight excluding hydrogens is 202 g/mol. The molecule has 0 bridgehead atoms. The number of hydrogen-bond acceptors (Lipinski definition) is 2. The molecule has 0 aromatic heterocycles. The third-order valence-corrected chi connectivity index (χ3v) is 2.10. The quantitative estimate of drug-likeness (QED) is 0.821. The minimum Gasteiger partial charge on any atom is -0.453 e. The summed E-state index contributed by atoms with van der Waals surface area (Å²) in [5, 5.41) is 3.31. The standard InChI is InChI=1S/C10H12ClNO2/c1-7(12-10(13)14-2)8-4-3-5-9(11)6-8/h3-7H,1-2H3,(H,12,13). The smallest absolute Gasteiger partial charge is 0.407 e. The first kappa shape index (κ1) is 10.9. The maximum atomic E-state index is 10.9. The minimum absolute atomic E-state index is 0.110. The molecule has 1 atom stereocenters. The predicted molar refractivity (Wildman–Crippen MR) is 55.4 cm³/mol. The van der Waals surface area contributed by atoms with Crippen molar-refractivity contribution in [1.82, 2.24) is 5.32 Å². The second-order valence-electron chi connectivity index (χ2n) is 2.91. The zero-order valence-corrected chi connectivity index (χ0v) is 8.84. The number of hydrogen-bond donors (Lipinski definition) is 1. The Balaban J connectivity index is 2.69. The van der Waals surface area contributed by atoms with E-state index >= 15 is 0 Å². The van der Waals surface area contributed by atoms with Crippen molar-refractivity contribution in [2.45, 2.75) is 13.0 Å². The van der Waals surface area contributed by atoms with E-state index in [1.807, 2.05) is 25.1 Å². The highest BCUT2D eigenvalue weighted by atomic mass is 35.5. The van der Waals surface area contributed by atoms with E-state index in [2.05, 4.69) is 10.1 Å². The molecular formula is C10H12ClNO2. The minimum atomic E-state index is -0.447. The van der Waals surface area contributed by atoms with E-state index in [0.29, 0.717) is 5.02 Å². The fourth-order valence-electron chi connectivity index (χ4n) is 1.09. The Hall–Kier alpha value is -1.22. The molecule has 0 aliphatic carbocycles. The van der Waals surface area contributed by atoms with Crippen LogP contribution in [0.4, 0.5) is 4.79 Å². The van der Waals surface area contributed by atoms with Gasteiger partial charge in [0.25, 0.3) is 0 Å². The average Bonchev–Trinajstić information content (AvgIpc) is 2.17. The number of ether oxygens (including phenoxy) is 1. The zero-order valence-electron chi connectivity index (χ0n) is 8.08. The van der Waals surface area contributed by atoms with Crippen molar-refractivity contribution in [2.24, 2.45) is 0 Å². The van der Waals surface area contributed by atoms with Crippen molar-refractivity contribution in [3.8, 4) is 0 Å². The largest absolute Gasteiger partial charge is 0.453 e. The summed E-state index contributed by atoms with van der Waals surface area (Å²) in [7, 11) is 1.33. The van der Waals surface area contributed by atoms with Gasteiger partial charge in [-0.2, -0.15) is 0 Å². The van der Waals surface area contributed by atoms with Crippen LogP contribution in [0.25, 0.3) is 0 Å². The van der Waals surface area contributed by atoms with Gasteiger partial charge in [-0.05, 0) is 24.6 Å². The molecule has 1 aromatic carbocycles. The summed E-state index contributed by atoms with van der Waals surface area (Å²) in [5.41, 5.74) is 0.947. The van der Waals surface area contributed by atoms with Crippen LogP contribution in [0, 0.1) is 0 Å². The molecule has 0 saturated carbocycles.